The van der Waals surface area contributed by atoms with E-state index < -0.39 is 0 Å². The lowest BCUT2D eigenvalue weighted by atomic mass is 10.1. The van der Waals surface area contributed by atoms with Gasteiger partial charge in [0.15, 0.2) is 16.7 Å². The summed E-state index contributed by atoms with van der Waals surface area (Å²) in [5.41, 5.74) is 1.42. The van der Waals surface area contributed by atoms with Crippen molar-refractivity contribution in [1.29, 1.82) is 0 Å². The number of carbonyl (C=O) groups is 2. The summed E-state index contributed by atoms with van der Waals surface area (Å²) in [6.45, 7) is 1.89. The van der Waals surface area contributed by atoms with E-state index in [-0.39, 0.29) is 29.5 Å². The Balaban J connectivity index is 1.55. The standard InChI is InChI=1S/C28H36N4O6S/c1-36-17-7-14-29-26(34)19-39-28-31-22-9-5-4-8-21(22)27(35)32(28)16-6-10-25(33)30-15-13-20-11-12-23(37-2)24(18-20)38-3/h4-5,8-9,11-12,18H,6-7,10,13-17,19H2,1-3H3,(H,29,34)(H,30,33). The largest absolute Gasteiger partial charge is 0.493 e. The van der Waals surface area contributed by atoms with Crippen LogP contribution in [0.4, 0.5) is 0 Å². The van der Waals surface area contributed by atoms with Crippen molar-refractivity contribution < 1.29 is 23.8 Å². The Morgan fingerprint density at radius 3 is 2.49 bits per heavy atom. The molecule has 1 heterocycles. The van der Waals surface area contributed by atoms with Crippen LogP contribution >= 0.6 is 11.8 Å². The molecule has 3 aromatic rings. The molecule has 0 aliphatic rings. The number of carbonyl (C=O) groups excluding carboxylic acids is 2. The SMILES string of the molecule is COCCCNC(=O)CSc1nc2ccccc2c(=O)n1CCCC(=O)NCCc1ccc(OC)c(OC)c1. The van der Waals surface area contributed by atoms with Gasteiger partial charge in [-0.2, -0.15) is 0 Å². The molecule has 0 fully saturated rings. The third-order valence-electron chi connectivity index (χ3n) is 5.98. The summed E-state index contributed by atoms with van der Waals surface area (Å²) in [4.78, 5) is 42.6. The number of amides is 2. The van der Waals surface area contributed by atoms with Crippen LogP contribution in [-0.2, 0) is 27.3 Å². The maximum atomic E-state index is 13.2. The molecule has 0 atom stereocenters. The predicted molar refractivity (Wildman–Crippen MR) is 152 cm³/mol. The van der Waals surface area contributed by atoms with Crippen LogP contribution in [0.5, 0.6) is 11.5 Å². The molecule has 0 radical (unpaired) electrons. The van der Waals surface area contributed by atoms with Crippen LogP contribution < -0.4 is 25.7 Å². The minimum absolute atomic E-state index is 0.0955. The van der Waals surface area contributed by atoms with Gasteiger partial charge in [-0.15, -0.1) is 0 Å². The highest BCUT2D eigenvalue weighted by Crippen LogP contribution is 2.27. The van der Waals surface area contributed by atoms with Gasteiger partial charge in [0.25, 0.3) is 5.56 Å². The second-order valence-corrected chi connectivity index (χ2v) is 9.69. The minimum Gasteiger partial charge on any atom is -0.493 e. The Kier molecular flexibility index (Phi) is 12.1. The van der Waals surface area contributed by atoms with Gasteiger partial charge in [0, 0.05) is 39.8 Å². The van der Waals surface area contributed by atoms with Gasteiger partial charge in [-0.1, -0.05) is 30.0 Å². The molecule has 0 aliphatic carbocycles. The molecule has 0 aliphatic heterocycles. The Labute approximate surface area is 232 Å². The highest BCUT2D eigenvalue weighted by Gasteiger charge is 2.14. The second-order valence-electron chi connectivity index (χ2n) is 8.75. The first-order valence-corrected chi connectivity index (χ1v) is 13.8. The average Bonchev–Trinajstić information content (AvgIpc) is 2.95. The van der Waals surface area contributed by atoms with Gasteiger partial charge in [0.05, 0.1) is 30.9 Å². The Morgan fingerprint density at radius 1 is 0.949 bits per heavy atom. The molecule has 0 saturated heterocycles. The number of hydrogen-bond acceptors (Lipinski definition) is 8. The number of nitrogens with zero attached hydrogens (tertiary/aromatic N) is 2. The fraction of sp³-hybridized carbons (Fsp3) is 0.429. The van der Waals surface area contributed by atoms with Crippen LogP contribution in [0.2, 0.25) is 0 Å². The zero-order valence-electron chi connectivity index (χ0n) is 22.7. The second kappa shape index (κ2) is 15.7. The van der Waals surface area contributed by atoms with Gasteiger partial charge >= 0.3 is 0 Å². The van der Waals surface area contributed by atoms with Crippen molar-refractivity contribution >= 4 is 34.5 Å². The van der Waals surface area contributed by atoms with Crippen LogP contribution in [0, 0.1) is 0 Å². The van der Waals surface area contributed by atoms with E-state index in [1.54, 1.807) is 44.1 Å². The molecule has 10 nitrogen and oxygen atoms in total. The van der Waals surface area contributed by atoms with E-state index in [0.29, 0.717) is 66.6 Å². The lowest BCUT2D eigenvalue weighted by molar-refractivity contribution is -0.121. The quantitative estimate of drug-likeness (QED) is 0.157. The van der Waals surface area contributed by atoms with Crippen molar-refractivity contribution in [2.75, 3.05) is 46.8 Å². The monoisotopic (exact) mass is 556 g/mol. The van der Waals surface area contributed by atoms with E-state index in [9.17, 15) is 14.4 Å². The third-order valence-corrected chi connectivity index (χ3v) is 6.95. The lowest BCUT2D eigenvalue weighted by Gasteiger charge is -2.13. The van der Waals surface area contributed by atoms with Crippen LogP contribution in [0.1, 0.15) is 24.8 Å². The molecule has 210 valence electrons. The van der Waals surface area contributed by atoms with Gasteiger partial charge in [-0.3, -0.25) is 19.0 Å². The number of benzene rings is 2. The number of aromatic nitrogens is 2. The summed E-state index contributed by atoms with van der Waals surface area (Å²) < 4.78 is 17.1. The molecule has 39 heavy (non-hydrogen) atoms. The van der Waals surface area contributed by atoms with Crippen molar-refractivity contribution in [2.45, 2.75) is 37.4 Å². The first-order valence-electron chi connectivity index (χ1n) is 12.8. The topological polar surface area (TPSA) is 121 Å². The third kappa shape index (κ3) is 9.00. The lowest BCUT2D eigenvalue weighted by Crippen LogP contribution is -2.29. The van der Waals surface area contributed by atoms with Crippen molar-refractivity contribution in [3.63, 3.8) is 0 Å². The summed E-state index contributed by atoms with van der Waals surface area (Å²) in [7, 11) is 4.79. The van der Waals surface area contributed by atoms with E-state index in [2.05, 4.69) is 15.6 Å². The Morgan fingerprint density at radius 2 is 1.72 bits per heavy atom. The molecular formula is C28H36N4O6S. The molecule has 0 unspecified atom stereocenters. The molecule has 2 N–H and O–H groups in total. The number of para-hydroxylation sites is 1. The fourth-order valence-corrected chi connectivity index (χ4v) is 4.80. The van der Waals surface area contributed by atoms with E-state index in [4.69, 9.17) is 14.2 Å². The summed E-state index contributed by atoms with van der Waals surface area (Å²) >= 11 is 1.21. The zero-order valence-corrected chi connectivity index (χ0v) is 23.5. The van der Waals surface area contributed by atoms with E-state index >= 15 is 0 Å². The molecule has 11 heteroatoms. The van der Waals surface area contributed by atoms with Gasteiger partial charge < -0.3 is 24.8 Å². The maximum absolute atomic E-state index is 13.2. The van der Waals surface area contributed by atoms with E-state index in [0.717, 1.165) is 12.0 Å². The van der Waals surface area contributed by atoms with Crippen molar-refractivity contribution in [2.24, 2.45) is 0 Å². The molecule has 0 spiro atoms. The number of ether oxygens (including phenoxy) is 3. The number of nitrogens with one attached hydrogen (secondary N) is 2. The van der Waals surface area contributed by atoms with E-state index in [1.165, 1.54) is 11.8 Å². The molecule has 1 aromatic heterocycles. The van der Waals surface area contributed by atoms with E-state index in [1.807, 2.05) is 24.3 Å². The summed E-state index contributed by atoms with van der Waals surface area (Å²) in [5.74, 6) is 1.20. The minimum atomic E-state index is -0.183. The number of rotatable bonds is 16. The van der Waals surface area contributed by atoms with Gasteiger partial charge in [0.2, 0.25) is 11.8 Å². The number of fused-ring (bicyclic) bond motifs is 1. The summed E-state index contributed by atoms with van der Waals surface area (Å²) in [5, 5.41) is 6.73. The summed E-state index contributed by atoms with van der Waals surface area (Å²) in [6.07, 6.45) is 2.09. The predicted octanol–water partition coefficient (Wildman–Crippen LogP) is 2.80. The van der Waals surface area contributed by atoms with Crippen molar-refractivity contribution in [3.8, 4) is 11.5 Å². The number of thioether (sulfide) groups is 1. The highest BCUT2D eigenvalue weighted by atomic mass is 32.2. The number of methoxy groups -OCH3 is 3. The van der Waals surface area contributed by atoms with Crippen LogP contribution in [-0.4, -0.2) is 68.1 Å². The molecule has 0 saturated carbocycles. The van der Waals surface area contributed by atoms with Crippen molar-refractivity contribution in [3.05, 3.63) is 58.4 Å². The van der Waals surface area contributed by atoms with Crippen LogP contribution in [0.15, 0.2) is 52.4 Å². The molecular weight excluding hydrogens is 520 g/mol. The van der Waals surface area contributed by atoms with Crippen LogP contribution in [0.3, 0.4) is 0 Å². The Hall–Kier alpha value is -3.57. The zero-order chi connectivity index (χ0) is 28.0. The molecule has 3 rings (SSSR count). The van der Waals surface area contributed by atoms with Crippen molar-refractivity contribution in [1.82, 2.24) is 20.2 Å². The maximum Gasteiger partial charge on any atom is 0.262 e. The normalized spacial score (nSPS) is 10.8. The molecule has 2 amide bonds. The first-order chi connectivity index (χ1) is 19.0. The smallest absolute Gasteiger partial charge is 0.262 e. The molecule has 2 aromatic carbocycles. The first kappa shape index (κ1) is 30.0. The average molecular weight is 557 g/mol. The fourth-order valence-electron chi connectivity index (χ4n) is 3.95. The van der Waals surface area contributed by atoms with Crippen LogP contribution in [0.25, 0.3) is 10.9 Å². The number of hydrogen-bond donors (Lipinski definition) is 2. The molecule has 0 bridgehead atoms. The summed E-state index contributed by atoms with van der Waals surface area (Å²) in [6, 6.07) is 12.8. The Bertz CT molecular complexity index is 1310. The van der Waals surface area contributed by atoms with Gasteiger partial charge in [-0.25, -0.2) is 4.98 Å². The van der Waals surface area contributed by atoms with Gasteiger partial charge in [0.1, 0.15) is 0 Å². The van der Waals surface area contributed by atoms with Gasteiger partial charge in [-0.05, 0) is 49.1 Å². The highest BCUT2D eigenvalue weighted by molar-refractivity contribution is 7.99.